The van der Waals surface area contributed by atoms with E-state index in [1.54, 1.807) is 12.1 Å². The zero-order valence-electron chi connectivity index (χ0n) is 9.51. The maximum Gasteiger partial charge on any atom is 0.318 e. The summed E-state index contributed by atoms with van der Waals surface area (Å²) in [6, 6.07) is 7.19. The van der Waals surface area contributed by atoms with Crippen molar-refractivity contribution in [2.45, 2.75) is 26.2 Å². The minimum Gasteiger partial charge on any atom is -0.480 e. The Balaban J connectivity index is 2.85. The van der Waals surface area contributed by atoms with E-state index in [2.05, 4.69) is 13.8 Å². The Morgan fingerprint density at radius 3 is 2.25 bits per heavy atom. The molecule has 0 saturated heterocycles. The van der Waals surface area contributed by atoms with Crippen molar-refractivity contribution >= 4 is 12.3 Å². The number of hydrogen-bond acceptors (Lipinski definition) is 2. The van der Waals surface area contributed by atoms with Gasteiger partial charge in [-0.3, -0.25) is 4.79 Å². The molecule has 0 saturated carbocycles. The number of carbonyl (C=O) groups excluding carboxylic acids is 1. The fourth-order valence-electron chi connectivity index (χ4n) is 1.61. The van der Waals surface area contributed by atoms with Gasteiger partial charge >= 0.3 is 5.97 Å². The van der Waals surface area contributed by atoms with Crippen molar-refractivity contribution < 1.29 is 14.7 Å². The van der Waals surface area contributed by atoms with E-state index in [-0.39, 0.29) is 0 Å². The second kappa shape index (κ2) is 5.45. The van der Waals surface area contributed by atoms with Crippen molar-refractivity contribution in [3.05, 3.63) is 35.4 Å². The molecule has 0 aliphatic rings. The Morgan fingerprint density at radius 2 is 1.88 bits per heavy atom. The zero-order valence-corrected chi connectivity index (χ0v) is 9.51. The highest BCUT2D eigenvalue weighted by molar-refractivity contribution is 5.92. The monoisotopic (exact) mass is 220 g/mol. The molecule has 0 heterocycles. The third-order valence-electron chi connectivity index (χ3n) is 2.38. The molecule has 0 bridgehead atoms. The molecule has 1 aromatic rings. The molecule has 0 aliphatic carbocycles. The summed E-state index contributed by atoms with van der Waals surface area (Å²) in [5, 5.41) is 8.81. The van der Waals surface area contributed by atoms with Crippen molar-refractivity contribution in [1.82, 2.24) is 0 Å². The lowest BCUT2D eigenvalue weighted by Crippen LogP contribution is -2.12. The minimum atomic E-state index is -1.10. The fraction of sp³-hybridized carbons (Fsp3) is 0.385. The number of rotatable bonds is 5. The first kappa shape index (κ1) is 12.4. The van der Waals surface area contributed by atoms with Crippen LogP contribution in [0.4, 0.5) is 0 Å². The van der Waals surface area contributed by atoms with Crippen LogP contribution in [0.2, 0.25) is 0 Å². The molecule has 16 heavy (non-hydrogen) atoms. The number of benzene rings is 1. The second-order valence-corrected chi connectivity index (χ2v) is 4.29. The molecule has 0 aliphatic heterocycles. The summed E-state index contributed by atoms with van der Waals surface area (Å²) in [6.07, 6.45) is 1.42. The van der Waals surface area contributed by atoms with Gasteiger partial charge in [-0.1, -0.05) is 38.1 Å². The number of aldehydes is 1. The summed E-state index contributed by atoms with van der Waals surface area (Å²) in [5.41, 5.74) is 1.70. The predicted molar refractivity (Wildman–Crippen MR) is 61.4 cm³/mol. The molecule has 0 fully saturated rings. The van der Waals surface area contributed by atoms with E-state index in [0.717, 1.165) is 12.0 Å². The molecule has 86 valence electrons. The normalized spacial score (nSPS) is 12.4. The van der Waals surface area contributed by atoms with Crippen LogP contribution in [0.5, 0.6) is 0 Å². The number of carboxylic acid groups (broad SMARTS) is 1. The van der Waals surface area contributed by atoms with E-state index in [4.69, 9.17) is 5.11 Å². The van der Waals surface area contributed by atoms with Crippen LogP contribution in [-0.4, -0.2) is 17.4 Å². The Kier molecular flexibility index (Phi) is 4.23. The van der Waals surface area contributed by atoms with Crippen LogP contribution in [0, 0.1) is 5.92 Å². The van der Waals surface area contributed by atoms with Crippen molar-refractivity contribution in [3.63, 3.8) is 0 Å². The molecule has 1 unspecified atom stereocenters. The Morgan fingerprint density at radius 1 is 1.31 bits per heavy atom. The quantitative estimate of drug-likeness (QED) is 0.611. The van der Waals surface area contributed by atoms with Crippen LogP contribution in [0.3, 0.4) is 0 Å². The second-order valence-electron chi connectivity index (χ2n) is 4.29. The molecular weight excluding hydrogens is 204 g/mol. The third-order valence-corrected chi connectivity index (χ3v) is 2.38. The van der Waals surface area contributed by atoms with E-state index < -0.39 is 11.9 Å². The van der Waals surface area contributed by atoms with E-state index in [0.29, 0.717) is 17.8 Å². The molecule has 1 N–H and O–H groups in total. The van der Waals surface area contributed by atoms with E-state index in [1.807, 2.05) is 12.1 Å². The van der Waals surface area contributed by atoms with Gasteiger partial charge in [-0.15, -0.1) is 0 Å². The number of carboxylic acids is 1. The van der Waals surface area contributed by atoms with Gasteiger partial charge in [-0.05, 0) is 23.5 Å². The molecule has 1 aromatic carbocycles. The van der Waals surface area contributed by atoms with Gasteiger partial charge in [0.15, 0.2) is 0 Å². The van der Waals surface area contributed by atoms with E-state index in [1.165, 1.54) is 0 Å². The van der Waals surface area contributed by atoms with Gasteiger partial charge in [0.25, 0.3) is 0 Å². The van der Waals surface area contributed by atoms with Crippen molar-refractivity contribution in [1.29, 1.82) is 0 Å². The lowest BCUT2D eigenvalue weighted by Gasteiger charge is -2.08. The molecular formula is C13H16O3. The summed E-state index contributed by atoms with van der Waals surface area (Å²) in [4.78, 5) is 21.4. The number of hydrogen-bond donors (Lipinski definition) is 1. The number of carbonyl (C=O) groups is 2. The van der Waals surface area contributed by atoms with Crippen molar-refractivity contribution in [2.75, 3.05) is 0 Å². The van der Waals surface area contributed by atoms with Crippen LogP contribution in [0.15, 0.2) is 24.3 Å². The molecule has 3 heteroatoms. The summed E-state index contributed by atoms with van der Waals surface area (Å²) in [7, 11) is 0. The van der Waals surface area contributed by atoms with Crippen LogP contribution in [-0.2, 0) is 16.0 Å². The average molecular weight is 220 g/mol. The standard InChI is InChI=1S/C13H16O3/c1-9(2)7-10-3-5-11(6-4-10)12(8-14)13(15)16/h3-6,8-9,12H,7H2,1-2H3,(H,15,16). The van der Waals surface area contributed by atoms with Crippen LogP contribution < -0.4 is 0 Å². The smallest absolute Gasteiger partial charge is 0.318 e. The van der Waals surface area contributed by atoms with Gasteiger partial charge in [0, 0.05) is 0 Å². The van der Waals surface area contributed by atoms with Gasteiger partial charge in [0.05, 0.1) is 0 Å². The van der Waals surface area contributed by atoms with Crippen LogP contribution >= 0.6 is 0 Å². The third kappa shape index (κ3) is 3.19. The summed E-state index contributed by atoms with van der Waals surface area (Å²) in [6.45, 7) is 4.25. The maximum atomic E-state index is 10.8. The first-order chi connectivity index (χ1) is 7.54. The Hall–Kier alpha value is -1.64. The lowest BCUT2D eigenvalue weighted by molar-refractivity contribution is -0.140. The van der Waals surface area contributed by atoms with Gasteiger partial charge in [0.2, 0.25) is 0 Å². The van der Waals surface area contributed by atoms with E-state index in [9.17, 15) is 9.59 Å². The molecule has 0 spiro atoms. The molecule has 0 amide bonds. The lowest BCUT2D eigenvalue weighted by atomic mass is 9.97. The first-order valence-corrected chi connectivity index (χ1v) is 5.31. The van der Waals surface area contributed by atoms with E-state index >= 15 is 0 Å². The highest BCUT2D eigenvalue weighted by Gasteiger charge is 2.18. The summed E-state index contributed by atoms with van der Waals surface area (Å²) in [5.74, 6) is -1.59. The molecule has 0 aromatic heterocycles. The van der Waals surface area contributed by atoms with Crippen LogP contribution in [0.25, 0.3) is 0 Å². The van der Waals surface area contributed by atoms with Crippen molar-refractivity contribution in [3.8, 4) is 0 Å². The number of aliphatic carboxylic acids is 1. The predicted octanol–water partition coefficient (Wildman–Crippen LogP) is 2.25. The van der Waals surface area contributed by atoms with Crippen LogP contribution in [0.1, 0.15) is 30.9 Å². The van der Waals surface area contributed by atoms with Gasteiger partial charge in [-0.25, -0.2) is 0 Å². The highest BCUT2D eigenvalue weighted by Crippen LogP contribution is 2.16. The zero-order chi connectivity index (χ0) is 12.1. The molecule has 0 radical (unpaired) electrons. The highest BCUT2D eigenvalue weighted by atomic mass is 16.4. The SMILES string of the molecule is CC(C)Cc1ccc(C(C=O)C(=O)O)cc1. The topological polar surface area (TPSA) is 54.4 Å². The average Bonchev–Trinajstić information content (AvgIpc) is 2.20. The van der Waals surface area contributed by atoms with Gasteiger partial charge < -0.3 is 9.90 Å². The Bertz CT molecular complexity index is 365. The molecule has 1 atom stereocenters. The molecule has 3 nitrogen and oxygen atoms in total. The first-order valence-electron chi connectivity index (χ1n) is 5.31. The summed E-state index contributed by atoms with van der Waals surface area (Å²) >= 11 is 0. The summed E-state index contributed by atoms with van der Waals surface area (Å²) < 4.78 is 0. The maximum absolute atomic E-state index is 10.8. The minimum absolute atomic E-state index is 0.458. The van der Waals surface area contributed by atoms with Crippen molar-refractivity contribution in [2.24, 2.45) is 5.92 Å². The fourth-order valence-corrected chi connectivity index (χ4v) is 1.61. The van der Waals surface area contributed by atoms with Gasteiger partial charge in [-0.2, -0.15) is 0 Å². The Labute approximate surface area is 95.1 Å². The molecule has 1 rings (SSSR count). The van der Waals surface area contributed by atoms with Gasteiger partial charge in [0.1, 0.15) is 12.2 Å². The largest absolute Gasteiger partial charge is 0.480 e.